The maximum Gasteiger partial charge on any atom is 0.260 e. The molecule has 1 unspecified atom stereocenters. The van der Waals surface area contributed by atoms with Gasteiger partial charge in [-0.3, -0.25) is 0 Å². The van der Waals surface area contributed by atoms with Crippen molar-refractivity contribution < 1.29 is 8.91 Å². The first kappa shape index (κ1) is 12.0. The van der Waals surface area contributed by atoms with Gasteiger partial charge in [0.05, 0.1) is 11.6 Å². The van der Waals surface area contributed by atoms with Crippen LogP contribution in [0.4, 0.5) is 4.39 Å². The second kappa shape index (κ2) is 4.81. The third-order valence-corrected chi connectivity index (χ3v) is 2.61. The first-order valence-corrected chi connectivity index (χ1v) is 5.54. The Kier molecular flexibility index (Phi) is 3.40. The Morgan fingerprint density at radius 2 is 2.29 bits per heavy atom. The van der Waals surface area contributed by atoms with Gasteiger partial charge < -0.3 is 10.3 Å². The lowest BCUT2D eigenvalue weighted by molar-refractivity contribution is 0.413. The molecule has 0 radical (unpaired) electrons. The van der Waals surface area contributed by atoms with Crippen LogP contribution >= 0.6 is 11.6 Å². The summed E-state index contributed by atoms with van der Waals surface area (Å²) in [5, 5.41) is 4.03. The van der Waals surface area contributed by atoms with E-state index in [4.69, 9.17) is 21.9 Å². The molecule has 1 aromatic heterocycles. The molecule has 0 bridgehead atoms. The van der Waals surface area contributed by atoms with Gasteiger partial charge in [0.2, 0.25) is 0 Å². The topological polar surface area (TPSA) is 64.9 Å². The number of hydrogen-bond donors (Lipinski definition) is 1. The lowest BCUT2D eigenvalue weighted by Crippen LogP contribution is -2.10. The van der Waals surface area contributed by atoms with E-state index in [1.54, 1.807) is 6.07 Å². The SMILES string of the molecule is CCC(N)c1noc(-c2ccc(Cl)cc2F)n1. The zero-order valence-electron chi connectivity index (χ0n) is 9.15. The first-order chi connectivity index (χ1) is 8.11. The smallest absolute Gasteiger partial charge is 0.260 e. The summed E-state index contributed by atoms with van der Waals surface area (Å²) < 4.78 is 18.6. The Morgan fingerprint density at radius 1 is 1.53 bits per heavy atom. The largest absolute Gasteiger partial charge is 0.334 e. The van der Waals surface area contributed by atoms with Crippen LogP contribution in [-0.2, 0) is 0 Å². The van der Waals surface area contributed by atoms with E-state index in [0.29, 0.717) is 17.3 Å². The number of hydrogen-bond acceptors (Lipinski definition) is 4. The van der Waals surface area contributed by atoms with Gasteiger partial charge >= 0.3 is 0 Å². The van der Waals surface area contributed by atoms with Crippen molar-refractivity contribution in [3.05, 3.63) is 34.9 Å². The number of nitrogens with two attached hydrogens (primary N) is 1. The zero-order valence-corrected chi connectivity index (χ0v) is 9.91. The molecule has 2 aromatic rings. The number of aromatic nitrogens is 2. The summed E-state index contributed by atoms with van der Waals surface area (Å²) in [5.41, 5.74) is 5.97. The lowest BCUT2D eigenvalue weighted by atomic mass is 10.2. The predicted octanol–water partition coefficient (Wildman–Crippen LogP) is 2.94. The van der Waals surface area contributed by atoms with Crippen LogP contribution in [0.2, 0.25) is 5.02 Å². The number of rotatable bonds is 3. The molecular formula is C11H11ClFN3O. The van der Waals surface area contributed by atoms with Gasteiger partial charge in [-0.2, -0.15) is 4.98 Å². The predicted molar refractivity (Wildman–Crippen MR) is 61.9 cm³/mol. The highest BCUT2D eigenvalue weighted by Gasteiger charge is 2.16. The van der Waals surface area contributed by atoms with E-state index < -0.39 is 5.82 Å². The van der Waals surface area contributed by atoms with Crippen molar-refractivity contribution in [3.63, 3.8) is 0 Å². The van der Waals surface area contributed by atoms with Crippen molar-refractivity contribution in [1.29, 1.82) is 0 Å². The minimum Gasteiger partial charge on any atom is -0.334 e. The minimum atomic E-state index is -0.502. The van der Waals surface area contributed by atoms with Crippen LogP contribution in [0.15, 0.2) is 22.7 Å². The maximum absolute atomic E-state index is 13.6. The van der Waals surface area contributed by atoms with E-state index in [2.05, 4.69) is 10.1 Å². The molecule has 1 aromatic carbocycles. The van der Waals surface area contributed by atoms with Gasteiger partial charge in [0.15, 0.2) is 5.82 Å². The molecule has 2 N–H and O–H groups in total. The fourth-order valence-electron chi connectivity index (χ4n) is 1.34. The van der Waals surface area contributed by atoms with Crippen molar-refractivity contribution in [2.45, 2.75) is 19.4 Å². The Morgan fingerprint density at radius 3 is 2.94 bits per heavy atom. The summed E-state index contributed by atoms with van der Waals surface area (Å²) in [6.07, 6.45) is 0.683. The average molecular weight is 256 g/mol. The second-order valence-electron chi connectivity index (χ2n) is 3.60. The van der Waals surface area contributed by atoms with Gasteiger partial charge in [0, 0.05) is 5.02 Å². The van der Waals surface area contributed by atoms with Gasteiger partial charge in [0.1, 0.15) is 5.82 Å². The van der Waals surface area contributed by atoms with E-state index in [0.717, 1.165) is 0 Å². The fourth-order valence-corrected chi connectivity index (χ4v) is 1.50. The molecule has 0 aliphatic rings. The van der Waals surface area contributed by atoms with Crippen LogP contribution in [0, 0.1) is 5.82 Å². The van der Waals surface area contributed by atoms with Gasteiger partial charge in [-0.05, 0) is 24.6 Å². The van der Waals surface area contributed by atoms with E-state index in [9.17, 15) is 4.39 Å². The summed E-state index contributed by atoms with van der Waals surface area (Å²) in [6, 6.07) is 3.94. The van der Waals surface area contributed by atoms with Crippen molar-refractivity contribution in [1.82, 2.24) is 10.1 Å². The number of nitrogens with zero attached hydrogens (tertiary/aromatic N) is 2. The summed E-state index contributed by atoms with van der Waals surface area (Å²) >= 11 is 5.66. The molecular weight excluding hydrogens is 245 g/mol. The van der Waals surface area contributed by atoms with Crippen molar-refractivity contribution in [2.75, 3.05) is 0 Å². The van der Waals surface area contributed by atoms with Crippen molar-refractivity contribution in [2.24, 2.45) is 5.73 Å². The molecule has 0 aliphatic heterocycles. The highest BCUT2D eigenvalue weighted by molar-refractivity contribution is 6.30. The Labute approximate surface area is 103 Å². The Balaban J connectivity index is 2.37. The van der Waals surface area contributed by atoms with E-state index in [-0.39, 0.29) is 17.5 Å². The molecule has 0 aliphatic carbocycles. The highest BCUT2D eigenvalue weighted by Crippen LogP contribution is 2.24. The normalized spacial score (nSPS) is 12.7. The molecule has 0 saturated heterocycles. The van der Waals surface area contributed by atoms with Crippen LogP contribution in [0.25, 0.3) is 11.5 Å². The second-order valence-corrected chi connectivity index (χ2v) is 4.03. The van der Waals surface area contributed by atoms with Gasteiger partial charge in [-0.25, -0.2) is 4.39 Å². The maximum atomic E-state index is 13.6. The zero-order chi connectivity index (χ0) is 12.4. The summed E-state index contributed by atoms with van der Waals surface area (Å²) in [4.78, 5) is 4.06. The number of halogens is 2. The van der Waals surface area contributed by atoms with E-state index in [1.165, 1.54) is 12.1 Å². The first-order valence-electron chi connectivity index (χ1n) is 5.16. The van der Waals surface area contributed by atoms with Gasteiger partial charge in [0.25, 0.3) is 5.89 Å². The van der Waals surface area contributed by atoms with Gasteiger partial charge in [-0.1, -0.05) is 23.7 Å². The monoisotopic (exact) mass is 255 g/mol. The lowest BCUT2D eigenvalue weighted by Gasteiger charge is -2.00. The van der Waals surface area contributed by atoms with Crippen LogP contribution in [0.1, 0.15) is 25.2 Å². The third-order valence-electron chi connectivity index (χ3n) is 2.37. The molecule has 0 saturated carbocycles. The third kappa shape index (κ3) is 2.45. The highest BCUT2D eigenvalue weighted by atomic mass is 35.5. The summed E-state index contributed by atoms with van der Waals surface area (Å²) in [5.74, 6) is -0.0207. The Bertz CT molecular complexity index is 529. The summed E-state index contributed by atoms with van der Waals surface area (Å²) in [7, 11) is 0. The Hall–Kier alpha value is -1.46. The quantitative estimate of drug-likeness (QED) is 0.916. The molecule has 6 heteroatoms. The standard InChI is InChI=1S/C11H11ClFN3O/c1-2-9(14)10-15-11(17-16-10)7-4-3-6(12)5-8(7)13/h3-5,9H,2,14H2,1H3. The van der Waals surface area contributed by atoms with Crippen LogP contribution < -0.4 is 5.73 Å². The van der Waals surface area contributed by atoms with Crippen LogP contribution in [0.5, 0.6) is 0 Å². The molecule has 0 amide bonds. The molecule has 90 valence electrons. The number of benzene rings is 1. The molecule has 0 fully saturated rings. The van der Waals surface area contributed by atoms with E-state index >= 15 is 0 Å². The van der Waals surface area contributed by atoms with Crippen molar-refractivity contribution in [3.8, 4) is 11.5 Å². The van der Waals surface area contributed by atoms with Gasteiger partial charge in [-0.15, -0.1) is 0 Å². The molecule has 2 rings (SSSR count). The molecule has 17 heavy (non-hydrogen) atoms. The molecule has 1 atom stereocenters. The fraction of sp³-hybridized carbons (Fsp3) is 0.273. The molecule has 4 nitrogen and oxygen atoms in total. The molecule has 1 heterocycles. The van der Waals surface area contributed by atoms with E-state index in [1.807, 2.05) is 6.92 Å². The van der Waals surface area contributed by atoms with Crippen molar-refractivity contribution >= 4 is 11.6 Å². The minimum absolute atomic E-state index is 0.109. The van der Waals surface area contributed by atoms with Crippen LogP contribution in [-0.4, -0.2) is 10.1 Å². The summed E-state index contributed by atoms with van der Waals surface area (Å²) in [6.45, 7) is 1.91. The molecule has 0 spiro atoms. The van der Waals surface area contributed by atoms with Crippen LogP contribution in [0.3, 0.4) is 0 Å². The average Bonchev–Trinajstić information content (AvgIpc) is 2.77.